The Kier molecular flexibility index (Phi) is 3.37. The molecule has 0 atom stereocenters. The molecule has 0 unspecified atom stereocenters. The third kappa shape index (κ3) is 2.50. The van der Waals surface area contributed by atoms with Gasteiger partial charge in [0.25, 0.3) is 5.91 Å². The second kappa shape index (κ2) is 5.54. The maximum atomic E-state index is 13.0. The summed E-state index contributed by atoms with van der Waals surface area (Å²) < 4.78 is 5.47. The molecule has 0 radical (unpaired) electrons. The number of likely N-dealkylation sites (tertiary alicyclic amines) is 1. The first kappa shape index (κ1) is 14.0. The molecule has 0 aliphatic carbocycles. The summed E-state index contributed by atoms with van der Waals surface area (Å²) in [6.45, 7) is 3.71. The number of carbonyl (C=O) groups excluding carboxylic acids is 1. The summed E-state index contributed by atoms with van der Waals surface area (Å²) in [7, 11) is 0. The van der Waals surface area contributed by atoms with E-state index in [1.165, 1.54) is 0 Å². The highest BCUT2D eigenvalue weighted by atomic mass is 16.3. The number of rotatable bonds is 2. The van der Waals surface area contributed by atoms with Crippen molar-refractivity contribution in [3.63, 3.8) is 0 Å². The van der Waals surface area contributed by atoms with Gasteiger partial charge in [-0.25, -0.2) is 4.98 Å². The van der Waals surface area contributed by atoms with Crippen molar-refractivity contribution >= 4 is 16.8 Å². The Balaban J connectivity index is 1.91. The van der Waals surface area contributed by atoms with Crippen molar-refractivity contribution in [1.29, 1.82) is 0 Å². The van der Waals surface area contributed by atoms with Gasteiger partial charge in [-0.2, -0.15) is 0 Å². The molecule has 1 amide bonds. The predicted molar refractivity (Wildman–Crippen MR) is 89.3 cm³/mol. The fourth-order valence-corrected chi connectivity index (χ4v) is 3.16. The summed E-state index contributed by atoms with van der Waals surface area (Å²) in [5.74, 6) is 0.774. The average molecular weight is 306 g/mol. The molecule has 0 saturated carbocycles. The fraction of sp³-hybridized carbons (Fsp3) is 0.263. The highest BCUT2D eigenvalue weighted by molar-refractivity contribution is 6.07. The Morgan fingerprint density at radius 2 is 2.00 bits per heavy atom. The molecule has 23 heavy (non-hydrogen) atoms. The lowest BCUT2D eigenvalue weighted by Crippen LogP contribution is -2.27. The molecule has 1 aromatic carbocycles. The SMILES string of the molecule is Cc1ccc2nc(-c3ccco3)cc(C(=O)N3CCCC3)c2c1. The highest BCUT2D eigenvalue weighted by Crippen LogP contribution is 2.27. The predicted octanol–water partition coefficient (Wildman–Crippen LogP) is 4.04. The van der Waals surface area contributed by atoms with Gasteiger partial charge in [0.15, 0.2) is 5.76 Å². The first-order valence-electron chi connectivity index (χ1n) is 7.97. The summed E-state index contributed by atoms with van der Waals surface area (Å²) in [6.07, 6.45) is 3.79. The summed E-state index contributed by atoms with van der Waals surface area (Å²) >= 11 is 0. The zero-order valence-electron chi connectivity index (χ0n) is 13.1. The Bertz CT molecular complexity index is 862. The number of furan rings is 1. The summed E-state index contributed by atoms with van der Waals surface area (Å²) in [6, 6.07) is 11.6. The van der Waals surface area contributed by atoms with Crippen LogP contribution in [0.5, 0.6) is 0 Å². The molecule has 1 saturated heterocycles. The average Bonchev–Trinajstić information content (AvgIpc) is 3.26. The normalized spacial score (nSPS) is 14.6. The van der Waals surface area contributed by atoms with Crippen LogP contribution in [-0.2, 0) is 0 Å². The molecule has 0 N–H and O–H groups in total. The Hall–Kier alpha value is -2.62. The van der Waals surface area contributed by atoms with E-state index in [0.717, 1.165) is 42.4 Å². The van der Waals surface area contributed by atoms with Gasteiger partial charge in [-0.3, -0.25) is 4.79 Å². The van der Waals surface area contributed by atoms with Crippen molar-refractivity contribution in [1.82, 2.24) is 9.88 Å². The van der Waals surface area contributed by atoms with Gasteiger partial charge in [-0.05, 0) is 50.1 Å². The molecule has 3 heterocycles. The number of aromatic nitrogens is 1. The molecule has 1 fully saturated rings. The molecule has 116 valence electrons. The van der Waals surface area contributed by atoms with Crippen LogP contribution in [0.3, 0.4) is 0 Å². The number of aryl methyl sites for hydroxylation is 1. The van der Waals surface area contributed by atoms with Gasteiger partial charge >= 0.3 is 0 Å². The molecule has 0 spiro atoms. The van der Waals surface area contributed by atoms with Crippen LogP contribution in [0, 0.1) is 6.92 Å². The molecule has 1 aliphatic rings. The van der Waals surface area contributed by atoms with Crippen LogP contribution in [0.4, 0.5) is 0 Å². The van der Waals surface area contributed by atoms with Crippen LogP contribution in [0.2, 0.25) is 0 Å². The first-order chi connectivity index (χ1) is 11.2. The lowest BCUT2D eigenvalue weighted by atomic mass is 10.0. The molecule has 2 aromatic heterocycles. The van der Waals surface area contributed by atoms with Crippen molar-refractivity contribution in [2.45, 2.75) is 19.8 Å². The summed E-state index contributed by atoms with van der Waals surface area (Å²) in [5.41, 5.74) is 3.37. The second-order valence-electron chi connectivity index (χ2n) is 6.05. The van der Waals surface area contributed by atoms with E-state index in [1.807, 2.05) is 48.2 Å². The van der Waals surface area contributed by atoms with Gasteiger partial charge in [0.05, 0.1) is 17.3 Å². The quantitative estimate of drug-likeness (QED) is 0.718. The first-order valence-corrected chi connectivity index (χ1v) is 7.97. The smallest absolute Gasteiger partial charge is 0.254 e. The van der Waals surface area contributed by atoms with E-state index >= 15 is 0 Å². The standard InChI is InChI=1S/C19H18N2O2/c1-13-6-7-16-14(11-13)15(19(22)21-8-2-3-9-21)12-17(20-16)18-5-4-10-23-18/h4-7,10-12H,2-3,8-9H2,1H3. The topological polar surface area (TPSA) is 46.3 Å². The van der Waals surface area contributed by atoms with E-state index in [0.29, 0.717) is 17.0 Å². The van der Waals surface area contributed by atoms with Gasteiger partial charge in [-0.1, -0.05) is 11.6 Å². The minimum Gasteiger partial charge on any atom is -0.463 e. The van der Waals surface area contributed by atoms with Gasteiger partial charge in [0.2, 0.25) is 0 Å². The zero-order valence-corrected chi connectivity index (χ0v) is 13.1. The van der Waals surface area contributed by atoms with Gasteiger partial charge in [0, 0.05) is 18.5 Å². The Labute approximate surface area is 134 Å². The largest absolute Gasteiger partial charge is 0.463 e. The maximum absolute atomic E-state index is 13.0. The molecule has 0 bridgehead atoms. The molecule has 4 rings (SSSR count). The number of fused-ring (bicyclic) bond motifs is 1. The van der Waals surface area contributed by atoms with Crippen LogP contribution >= 0.6 is 0 Å². The van der Waals surface area contributed by atoms with Gasteiger partial charge in [-0.15, -0.1) is 0 Å². The van der Waals surface area contributed by atoms with Crippen LogP contribution in [0.15, 0.2) is 47.1 Å². The van der Waals surface area contributed by atoms with E-state index in [1.54, 1.807) is 6.26 Å². The van der Waals surface area contributed by atoms with Crippen LogP contribution in [-0.4, -0.2) is 28.9 Å². The van der Waals surface area contributed by atoms with Crippen molar-refractivity contribution in [3.8, 4) is 11.5 Å². The number of pyridine rings is 1. The summed E-state index contributed by atoms with van der Waals surface area (Å²) in [4.78, 5) is 19.6. The van der Waals surface area contributed by atoms with E-state index in [2.05, 4.69) is 4.98 Å². The lowest BCUT2D eigenvalue weighted by Gasteiger charge is -2.17. The minimum atomic E-state index is 0.0910. The van der Waals surface area contributed by atoms with Gasteiger partial charge < -0.3 is 9.32 Å². The number of hydrogen-bond donors (Lipinski definition) is 0. The van der Waals surface area contributed by atoms with E-state index in [-0.39, 0.29) is 5.91 Å². The fourth-order valence-electron chi connectivity index (χ4n) is 3.16. The molecule has 1 aliphatic heterocycles. The van der Waals surface area contributed by atoms with Crippen LogP contribution in [0.1, 0.15) is 28.8 Å². The monoisotopic (exact) mass is 306 g/mol. The number of hydrogen-bond acceptors (Lipinski definition) is 3. The number of carbonyl (C=O) groups is 1. The van der Waals surface area contributed by atoms with Crippen molar-refractivity contribution in [2.75, 3.05) is 13.1 Å². The highest BCUT2D eigenvalue weighted by Gasteiger charge is 2.23. The number of benzene rings is 1. The molecular formula is C19H18N2O2. The third-order valence-electron chi connectivity index (χ3n) is 4.36. The minimum absolute atomic E-state index is 0.0910. The van der Waals surface area contributed by atoms with Crippen molar-refractivity contribution < 1.29 is 9.21 Å². The van der Waals surface area contributed by atoms with Crippen LogP contribution in [0.25, 0.3) is 22.4 Å². The van der Waals surface area contributed by atoms with Gasteiger partial charge in [0.1, 0.15) is 5.69 Å². The van der Waals surface area contributed by atoms with E-state index in [9.17, 15) is 4.79 Å². The number of amides is 1. The van der Waals surface area contributed by atoms with Crippen LogP contribution < -0.4 is 0 Å². The summed E-state index contributed by atoms with van der Waals surface area (Å²) in [5, 5.41) is 0.914. The van der Waals surface area contributed by atoms with Crippen molar-refractivity contribution in [3.05, 3.63) is 53.8 Å². The maximum Gasteiger partial charge on any atom is 0.254 e. The Morgan fingerprint density at radius 3 is 2.74 bits per heavy atom. The van der Waals surface area contributed by atoms with E-state index in [4.69, 9.17) is 4.42 Å². The third-order valence-corrected chi connectivity index (χ3v) is 4.36. The zero-order chi connectivity index (χ0) is 15.8. The number of nitrogens with zero attached hydrogens (tertiary/aromatic N) is 2. The lowest BCUT2D eigenvalue weighted by molar-refractivity contribution is 0.0794. The molecule has 4 heteroatoms. The molecule has 4 nitrogen and oxygen atoms in total. The van der Waals surface area contributed by atoms with E-state index < -0.39 is 0 Å². The Morgan fingerprint density at radius 1 is 1.17 bits per heavy atom. The molecular weight excluding hydrogens is 288 g/mol. The molecule has 3 aromatic rings. The van der Waals surface area contributed by atoms with Crippen molar-refractivity contribution in [2.24, 2.45) is 0 Å². The second-order valence-corrected chi connectivity index (χ2v) is 6.05.